The number of likely N-dealkylation sites (tertiary alicyclic amines) is 1. The van der Waals surface area contributed by atoms with Gasteiger partial charge in [-0.2, -0.15) is 0 Å². The summed E-state index contributed by atoms with van der Waals surface area (Å²) in [5, 5.41) is 14.6. The van der Waals surface area contributed by atoms with Crippen LogP contribution in [0.3, 0.4) is 0 Å². The minimum absolute atomic E-state index is 0.0698. The van der Waals surface area contributed by atoms with Gasteiger partial charge in [-0.1, -0.05) is 23.7 Å². The van der Waals surface area contributed by atoms with E-state index in [1.54, 1.807) is 31.4 Å². The first-order valence-corrected chi connectivity index (χ1v) is 11.7. The van der Waals surface area contributed by atoms with Gasteiger partial charge in [-0.05, 0) is 80.0 Å². The van der Waals surface area contributed by atoms with Crippen LogP contribution in [0.25, 0.3) is 0 Å². The normalized spacial score (nSPS) is 14.3. The summed E-state index contributed by atoms with van der Waals surface area (Å²) in [6.07, 6.45) is 2.29. The van der Waals surface area contributed by atoms with E-state index >= 15 is 0 Å². The third-order valence-electron chi connectivity index (χ3n) is 6.00. The number of nitro benzene ring substituents is 1. The van der Waals surface area contributed by atoms with Crippen molar-refractivity contribution < 1.29 is 19.2 Å². The molecule has 1 heterocycles. The fraction of sp³-hybridized carbons (Fsp3) is 0.269. The van der Waals surface area contributed by atoms with Gasteiger partial charge in [0.15, 0.2) is 0 Å². The second-order valence-corrected chi connectivity index (χ2v) is 8.67. The van der Waals surface area contributed by atoms with E-state index in [-0.39, 0.29) is 28.4 Å². The van der Waals surface area contributed by atoms with Gasteiger partial charge in [0.2, 0.25) is 5.75 Å². The van der Waals surface area contributed by atoms with Crippen LogP contribution in [0.1, 0.15) is 34.8 Å². The van der Waals surface area contributed by atoms with E-state index < -0.39 is 4.92 Å². The first-order chi connectivity index (χ1) is 16.9. The number of nitrogens with one attached hydrogen (secondary N) is 1. The molecule has 0 spiro atoms. The van der Waals surface area contributed by atoms with Gasteiger partial charge in [-0.15, -0.1) is 0 Å². The number of hydrogen-bond acceptors (Lipinski definition) is 6. The zero-order chi connectivity index (χ0) is 24.8. The molecule has 3 aromatic rings. The monoisotopic (exact) mass is 495 g/mol. The molecule has 0 unspecified atom stereocenters. The number of halogens is 1. The molecule has 1 aliphatic heterocycles. The smallest absolute Gasteiger partial charge is 0.313 e. The number of nitro groups is 1. The lowest BCUT2D eigenvalue weighted by atomic mass is 10.0. The highest BCUT2D eigenvalue weighted by Crippen LogP contribution is 2.33. The van der Waals surface area contributed by atoms with E-state index in [1.807, 2.05) is 24.3 Å². The van der Waals surface area contributed by atoms with Crippen molar-refractivity contribution in [1.82, 2.24) is 10.2 Å². The second-order valence-electron chi connectivity index (χ2n) is 8.24. The quantitative estimate of drug-likeness (QED) is 0.306. The van der Waals surface area contributed by atoms with E-state index in [2.05, 4.69) is 10.2 Å². The van der Waals surface area contributed by atoms with Gasteiger partial charge < -0.3 is 14.8 Å². The molecule has 8 nitrogen and oxygen atoms in total. The largest absolute Gasteiger partial charge is 0.497 e. The SMILES string of the molecule is COc1ccc([C@@H](CNC(=O)c2ccc(Oc3ccc(Cl)cc3[N+](=O)[O-])cc2)N2CCCC2)cc1. The molecule has 4 rings (SSSR count). The third-order valence-corrected chi connectivity index (χ3v) is 6.24. The van der Waals surface area contributed by atoms with Crippen molar-refractivity contribution in [1.29, 1.82) is 0 Å². The Bertz CT molecular complexity index is 1180. The topological polar surface area (TPSA) is 93.9 Å². The molecule has 0 radical (unpaired) electrons. The van der Waals surface area contributed by atoms with Gasteiger partial charge in [-0.25, -0.2) is 0 Å². The molecule has 1 atom stereocenters. The van der Waals surface area contributed by atoms with Crippen molar-refractivity contribution in [3.8, 4) is 17.2 Å². The molecule has 1 fully saturated rings. The van der Waals surface area contributed by atoms with Crippen LogP contribution in [0, 0.1) is 10.1 Å². The highest BCUT2D eigenvalue weighted by atomic mass is 35.5. The Morgan fingerprint density at radius 1 is 1.06 bits per heavy atom. The van der Waals surface area contributed by atoms with E-state index in [9.17, 15) is 14.9 Å². The fourth-order valence-corrected chi connectivity index (χ4v) is 4.32. The maximum Gasteiger partial charge on any atom is 0.313 e. The summed E-state index contributed by atoms with van der Waals surface area (Å²) in [5.74, 6) is 1.04. The maximum atomic E-state index is 12.9. The summed E-state index contributed by atoms with van der Waals surface area (Å²) in [4.78, 5) is 26.0. The molecule has 1 N–H and O–H groups in total. The van der Waals surface area contributed by atoms with Gasteiger partial charge in [0.05, 0.1) is 18.1 Å². The van der Waals surface area contributed by atoms with Crippen molar-refractivity contribution in [2.45, 2.75) is 18.9 Å². The van der Waals surface area contributed by atoms with Crippen molar-refractivity contribution >= 4 is 23.2 Å². The molecular weight excluding hydrogens is 470 g/mol. The van der Waals surface area contributed by atoms with Crippen molar-refractivity contribution in [2.75, 3.05) is 26.7 Å². The highest BCUT2D eigenvalue weighted by Gasteiger charge is 2.24. The second kappa shape index (κ2) is 11.2. The fourth-order valence-electron chi connectivity index (χ4n) is 4.15. The Morgan fingerprint density at radius 2 is 1.71 bits per heavy atom. The average molecular weight is 496 g/mol. The Morgan fingerprint density at radius 3 is 2.34 bits per heavy atom. The van der Waals surface area contributed by atoms with E-state index in [4.69, 9.17) is 21.1 Å². The lowest BCUT2D eigenvalue weighted by Gasteiger charge is -2.28. The van der Waals surface area contributed by atoms with Crippen LogP contribution in [0.15, 0.2) is 66.7 Å². The summed E-state index contributed by atoms with van der Waals surface area (Å²) in [7, 11) is 1.64. The van der Waals surface area contributed by atoms with Gasteiger partial charge in [0.25, 0.3) is 5.91 Å². The molecule has 3 aromatic carbocycles. The lowest BCUT2D eigenvalue weighted by Crippen LogP contribution is -2.36. The summed E-state index contributed by atoms with van der Waals surface area (Å²) in [6, 6.07) is 18.7. The molecule has 35 heavy (non-hydrogen) atoms. The van der Waals surface area contributed by atoms with Crippen molar-refractivity contribution in [3.05, 3.63) is 93.0 Å². The van der Waals surface area contributed by atoms with Crippen LogP contribution in [-0.4, -0.2) is 42.5 Å². The minimum Gasteiger partial charge on any atom is -0.497 e. The number of carbonyl (C=O) groups is 1. The minimum atomic E-state index is -0.553. The van der Waals surface area contributed by atoms with Crippen LogP contribution < -0.4 is 14.8 Å². The summed E-state index contributed by atoms with van der Waals surface area (Å²) in [6.45, 7) is 2.46. The lowest BCUT2D eigenvalue weighted by molar-refractivity contribution is -0.385. The Balaban J connectivity index is 1.42. The van der Waals surface area contributed by atoms with Crippen LogP contribution >= 0.6 is 11.6 Å². The zero-order valence-corrected chi connectivity index (χ0v) is 20.0. The molecule has 1 saturated heterocycles. The van der Waals surface area contributed by atoms with Gasteiger partial charge >= 0.3 is 5.69 Å². The Labute approximate surface area is 208 Å². The van der Waals surface area contributed by atoms with Crippen molar-refractivity contribution in [2.24, 2.45) is 0 Å². The molecule has 182 valence electrons. The number of carbonyl (C=O) groups excluding carboxylic acids is 1. The summed E-state index contributed by atoms with van der Waals surface area (Å²) in [5.41, 5.74) is 1.37. The maximum absolute atomic E-state index is 12.9. The van der Waals surface area contributed by atoms with E-state index in [0.717, 1.165) is 37.2 Å². The standard InChI is InChI=1S/C26H26ClN3O5/c1-34-21-9-4-18(5-10-21)24(29-14-2-3-15-29)17-28-26(31)19-6-11-22(12-7-19)35-25-13-8-20(27)16-23(25)30(32)33/h4-13,16,24H,2-3,14-15,17H2,1H3,(H,28,31)/t24-/m1/s1. The van der Waals surface area contributed by atoms with Crippen LogP contribution in [0.5, 0.6) is 17.2 Å². The number of amides is 1. The molecule has 0 aromatic heterocycles. The van der Waals surface area contributed by atoms with Crippen LogP contribution in [0.4, 0.5) is 5.69 Å². The molecular formula is C26H26ClN3O5. The Hall–Kier alpha value is -3.62. The van der Waals surface area contributed by atoms with Gasteiger partial charge in [-0.3, -0.25) is 19.8 Å². The zero-order valence-electron chi connectivity index (χ0n) is 19.3. The highest BCUT2D eigenvalue weighted by molar-refractivity contribution is 6.30. The van der Waals surface area contributed by atoms with Crippen LogP contribution in [0.2, 0.25) is 5.02 Å². The third kappa shape index (κ3) is 6.09. The summed E-state index contributed by atoms with van der Waals surface area (Å²) >= 11 is 5.85. The number of benzene rings is 3. The first-order valence-electron chi connectivity index (χ1n) is 11.3. The molecule has 1 amide bonds. The summed E-state index contributed by atoms with van der Waals surface area (Å²) < 4.78 is 10.9. The van der Waals surface area contributed by atoms with E-state index in [1.165, 1.54) is 18.2 Å². The first kappa shape index (κ1) is 24.5. The molecule has 1 aliphatic rings. The number of ether oxygens (including phenoxy) is 2. The number of nitrogens with zero attached hydrogens (tertiary/aromatic N) is 2. The van der Waals surface area contributed by atoms with Gasteiger partial charge in [0, 0.05) is 23.2 Å². The average Bonchev–Trinajstić information content (AvgIpc) is 3.40. The van der Waals surface area contributed by atoms with Crippen molar-refractivity contribution in [3.63, 3.8) is 0 Å². The predicted octanol–water partition coefficient (Wildman–Crippen LogP) is 5.62. The molecule has 9 heteroatoms. The Kier molecular flexibility index (Phi) is 7.84. The van der Waals surface area contributed by atoms with Gasteiger partial charge in [0.1, 0.15) is 11.5 Å². The molecule has 0 saturated carbocycles. The van der Waals surface area contributed by atoms with E-state index in [0.29, 0.717) is 17.9 Å². The molecule has 0 bridgehead atoms. The predicted molar refractivity (Wildman–Crippen MR) is 133 cm³/mol. The number of hydrogen-bond donors (Lipinski definition) is 1. The molecule has 0 aliphatic carbocycles. The number of rotatable bonds is 9. The number of methoxy groups -OCH3 is 1. The van der Waals surface area contributed by atoms with Crippen LogP contribution in [-0.2, 0) is 0 Å².